The van der Waals surface area contributed by atoms with Gasteiger partial charge in [-0.3, -0.25) is 4.79 Å². The zero-order valence-electron chi connectivity index (χ0n) is 11.2. The van der Waals surface area contributed by atoms with Gasteiger partial charge < -0.3 is 15.8 Å². The van der Waals surface area contributed by atoms with Gasteiger partial charge in [0, 0.05) is 24.7 Å². The van der Waals surface area contributed by atoms with Crippen LogP contribution in [0.4, 0.5) is 11.4 Å². The molecular formula is C14H21ClN2O2. The van der Waals surface area contributed by atoms with Crippen molar-refractivity contribution < 1.29 is 9.53 Å². The molecule has 0 aliphatic rings. The summed E-state index contributed by atoms with van der Waals surface area (Å²) in [5.74, 6) is -0.0759. The third kappa shape index (κ3) is 6.45. The average molecular weight is 285 g/mol. The summed E-state index contributed by atoms with van der Waals surface area (Å²) in [7, 11) is 0. The number of rotatable bonds is 8. The highest BCUT2D eigenvalue weighted by Gasteiger charge is 2.05. The Balaban J connectivity index is 2.25. The Morgan fingerprint density at radius 1 is 1.37 bits per heavy atom. The zero-order chi connectivity index (χ0) is 14.1. The van der Waals surface area contributed by atoms with Crippen LogP contribution in [0.2, 0.25) is 5.02 Å². The second-order valence-electron chi connectivity index (χ2n) is 4.35. The van der Waals surface area contributed by atoms with Gasteiger partial charge in [0.1, 0.15) is 0 Å². The number of anilines is 2. The van der Waals surface area contributed by atoms with E-state index >= 15 is 0 Å². The lowest BCUT2D eigenvalue weighted by Gasteiger charge is -2.08. The van der Waals surface area contributed by atoms with Crippen molar-refractivity contribution in [1.82, 2.24) is 0 Å². The van der Waals surface area contributed by atoms with E-state index in [0.717, 1.165) is 19.4 Å². The second kappa shape index (κ2) is 8.77. The van der Waals surface area contributed by atoms with Crippen molar-refractivity contribution >= 4 is 28.9 Å². The van der Waals surface area contributed by atoms with E-state index in [-0.39, 0.29) is 5.91 Å². The summed E-state index contributed by atoms with van der Waals surface area (Å²) in [6, 6.07) is 5.01. The summed E-state index contributed by atoms with van der Waals surface area (Å²) in [6.07, 6.45) is 3.30. The van der Waals surface area contributed by atoms with Crippen LogP contribution in [-0.4, -0.2) is 19.1 Å². The van der Waals surface area contributed by atoms with Crippen LogP contribution in [0.1, 0.15) is 32.6 Å². The molecule has 0 aliphatic heterocycles. The summed E-state index contributed by atoms with van der Waals surface area (Å²) >= 11 is 5.85. The molecule has 5 heteroatoms. The van der Waals surface area contributed by atoms with Gasteiger partial charge in [-0.2, -0.15) is 0 Å². The standard InChI is InChI=1S/C14H21ClN2O2/c1-2-3-8-19-9-4-5-14(18)17-13-10-11(15)6-7-12(13)16/h6-7,10H,2-5,8-9,16H2,1H3,(H,17,18). The summed E-state index contributed by atoms with van der Waals surface area (Å²) in [4.78, 5) is 11.7. The number of hydrogen-bond donors (Lipinski definition) is 2. The minimum Gasteiger partial charge on any atom is -0.397 e. The smallest absolute Gasteiger partial charge is 0.224 e. The molecule has 1 amide bonds. The number of unbranched alkanes of at least 4 members (excludes halogenated alkanes) is 1. The number of hydrogen-bond acceptors (Lipinski definition) is 3. The number of amides is 1. The fraction of sp³-hybridized carbons (Fsp3) is 0.500. The number of ether oxygens (including phenoxy) is 1. The zero-order valence-corrected chi connectivity index (χ0v) is 12.0. The van der Waals surface area contributed by atoms with Crippen LogP contribution in [0.5, 0.6) is 0 Å². The lowest BCUT2D eigenvalue weighted by molar-refractivity contribution is -0.116. The monoisotopic (exact) mass is 284 g/mol. The molecule has 0 fully saturated rings. The molecule has 0 heterocycles. The largest absolute Gasteiger partial charge is 0.397 e. The van der Waals surface area contributed by atoms with Gasteiger partial charge in [0.15, 0.2) is 0 Å². The maximum Gasteiger partial charge on any atom is 0.224 e. The van der Waals surface area contributed by atoms with E-state index < -0.39 is 0 Å². The molecule has 1 rings (SSSR count). The first-order chi connectivity index (χ1) is 9.13. The van der Waals surface area contributed by atoms with Crippen LogP contribution in [0.25, 0.3) is 0 Å². The Hall–Kier alpha value is -1.26. The van der Waals surface area contributed by atoms with E-state index in [1.165, 1.54) is 0 Å². The second-order valence-corrected chi connectivity index (χ2v) is 4.79. The van der Waals surface area contributed by atoms with Gasteiger partial charge >= 0.3 is 0 Å². The first-order valence-electron chi connectivity index (χ1n) is 6.56. The van der Waals surface area contributed by atoms with Gasteiger partial charge in [0.25, 0.3) is 0 Å². The minimum atomic E-state index is -0.0759. The highest BCUT2D eigenvalue weighted by Crippen LogP contribution is 2.23. The summed E-state index contributed by atoms with van der Waals surface area (Å²) < 4.78 is 5.39. The van der Waals surface area contributed by atoms with Crippen LogP contribution in [0.3, 0.4) is 0 Å². The third-order valence-corrected chi connectivity index (χ3v) is 2.86. The minimum absolute atomic E-state index is 0.0759. The van der Waals surface area contributed by atoms with Crippen molar-refractivity contribution in [1.29, 1.82) is 0 Å². The molecule has 0 aliphatic carbocycles. The molecule has 19 heavy (non-hydrogen) atoms. The molecule has 0 radical (unpaired) electrons. The molecule has 3 N–H and O–H groups in total. The van der Waals surface area contributed by atoms with Crippen molar-refractivity contribution in [2.45, 2.75) is 32.6 Å². The van der Waals surface area contributed by atoms with Gasteiger partial charge in [-0.05, 0) is 31.0 Å². The Kier molecular flexibility index (Phi) is 7.30. The van der Waals surface area contributed by atoms with Crippen molar-refractivity contribution in [3.63, 3.8) is 0 Å². The first kappa shape index (κ1) is 15.8. The highest BCUT2D eigenvalue weighted by atomic mass is 35.5. The normalized spacial score (nSPS) is 10.4. The van der Waals surface area contributed by atoms with Crippen molar-refractivity contribution in [2.24, 2.45) is 0 Å². The Morgan fingerprint density at radius 2 is 2.11 bits per heavy atom. The molecule has 0 spiro atoms. The molecule has 0 bridgehead atoms. The van der Waals surface area contributed by atoms with E-state index in [9.17, 15) is 4.79 Å². The average Bonchev–Trinajstić information content (AvgIpc) is 2.38. The van der Waals surface area contributed by atoms with E-state index in [1.807, 2.05) is 0 Å². The van der Waals surface area contributed by atoms with E-state index in [1.54, 1.807) is 18.2 Å². The predicted molar refractivity (Wildman–Crippen MR) is 79.5 cm³/mol. The molecule has 1 aromatic rings. The van der Waals surface area contributed by atoms with Crippen LogP contribution in [-0.2, 0) is 9.53 Å². The Labute approximate surface area is 119 Å². The maximum absolute atomic E-state index is 11.7. The number of nitrogen functional groups attached to an aromatic ring is 1. The first-order valence-corrected chi connectivity index (χ1v) is 6.94. The lowest BCUT2D eigenvalue weighted by Crippen LogP contribution is -2.13. The molecule has 4 nitrogen and oxygen atoms in total. The van der Waals surface area contributed by atoms with Gasteiger partial charge in [0.2, 0.25) is 5.91 Å². The van der Waals surface area contributed by atoms with Crippen molar-refractivity contribution in [3.8, 4) is 0 Å². The van der Waals surface area contributed by atoms with Crippen LogP contribution in [0.15, 0.2) is 18.2 Å². The van der Waals surface area contributed by atoms with Crippen LogP contribution < -0.4 is 11.1 Å². The van der Waals surface area contributed by atoms with Crippen molar-refractivity contribution in [3.05, 3.63) is 23.2 Å². The third-order valence-electron chi connectivity index (χ3n) is 2.62. The lowest BCUT2D eigenvalue weighted by atomic mass is 10.2. The van der Waals surface area contributed by atoms with E-state index in [4.69, 9.17) is 22.1 Å². The number of carbonyl (C=O) groups excluding carboxylic acids is 1. The molecule has 0 aromatic heterocycles. The summed E-state index contributed by atoms with van der Waals surface area (Å²) in [6.45, 7) is 3.49. The van der Waals surface area contributed by atoms with Crippen molar-refractivity contribution in [2.75, 3.05) is 24.3 Å². The molecule has 106 valence electrons. The number of nitrogens with two attached hydrogens (primary N) is 1. The fourth-order valence-electron chi connectivity index (χ4n) is 1.53. The van der Waals surface area contributed by atoms with E-state index in [2.05, 4.69) is 12.2 Å². The Bertz CT molecular complexity index is 410. The quantitative estimate of drug-likeness (QED) is 0.567. The molecule has 1 aromatic carbocycles. The molecule has 0 saturated carbocycles. The maximum atomic E-state index is 11.7. The summed E-state index contributed by atoms with van der Waals surface area (Å²) in [5, 5.41) is 3.30. The molecular weight excluding hydrogens is 264 g/mol. The number of carbonyl (C=O) groups is 1. The SMILES string of the molecule is CCCCOCCCC(=O)Nc1cc(Cl)ccc1N. The van der Waals surface area contributed by atoms with Crippen LogP contribution in [0, 0.1) is 0 Å². The summed E-state index contributed by atoms with van der Waals surface area (Å²) in [5.41, 5.74) is 6.82. The van der Waals surface area contributed by atoms with Crippen LogP contribution >= 0.6 is 11.6 Å². The van der Waals surface area contributed by atoms with E-state index in [0.29, 0.717) is 35.8 Å². The van der Waals surface area contributed by atoms with Gasteiger partial charge in [-0.15, -0.1) is 0 Å². The topological polar surface area (TPSA) is 64.3 Å². The molecule has 0 atom stereocenters. The highest BCUT2D eigenvalue weighted by molar-refractivity contribution is 6.31. The van der Waals surface area contributed by atoms with Gasteiger partial charge in [0.05, 0.1) is 11.4 Å². The fourth-order valence-corrected chi connectivity index (χ4v) is 1.70. The van der Waals surface area contributed by atoms with Gasteiger partial charge in [-0.1, -0.05) is 24.9 Å². The number of benzene rings is 1. The predicted octanol–water partition coefficient (Wildman–Crippen LogP) is 3.46. The number of halogens is 1. The Morgan fingerprint density at radius 3 is 2.84 bits per heavy atom. The molecule has 0 saturated heterocycles. The molecule has 0 unspecified atom stereocenters. The number of nitrogens with one attached hydrogen (secondary N) is 1. The van der Waals surface area contributed by atoms with Gasteiger partial charge in [-0.25, -0.2) is 0 Å².